The van der Waals surface area contributed by atoms with E-state index in [1.807, 2.05) is 60.3 Å². The van der Waals surface area contributed by atoms with Gasteiger partial charge in [0.15, 0.2) is 0 Å². The first-order valence-electron chi connectivity index (χ1n) is 9.59. The molecule has 29 heavy (non-hydrogen) atoms. The minimum absolute atomic E-state index is 0.0748. The molecule has 8 heteroatoms. The lowest BCUT2D eigenvalue weighted by molar-refractivity contribution is 0.0746. The molecule has 3 heterocycles. The average Bonchev–Trinajstić information content (AvgIpc) is 3.20. The number of rotatable bonds is 4. The van der Waals surface area contributed by atoms with Crippen LogP contribution in [-0.4, -0.2) is 66.2 Å². The number of piperazine rings is 1. The zero-order valence-corrected chi connectivity index (χ0v) is 16.9. The van der Waals surface area contributed by atoms with Crippen LogP contribution < -0.4 is 9.80 Å². The molecule has 0 N–H and O–H groups in total. The molecule has 1 aromatic carbocycles. The molecule has 1 saturated heterocycles. The Balaban J connectivity index is 1.37. The number of hydrogen-bond donors (Lipinski definition) is 0. The van der Waals surface area contributed by atoms with E-state index in [1.165, 1.54) is 0 Å². The largest absolute Gasteiger partial charge is 0.378 e. The molecular weight excluding hydrogens is 368 g/mol. The van der Waals surface area contributed by atoms with Crippen LogP contribution in [0.1, 0.15) is 16.2 Å². The van der Waals surface area contributed by atoms with Crippen LogP contribution >= 0.6 is 0 Å². The summed E-state index contributed by atoms with van der Waals surface area (Å²) in [6.45, 7) is 4.59. The molecule has 0 radical (unpaired) electrons. The third kappa shape index (κ3) is 4.06. The second-order valence-corrected chi connectivity index (χ2v) is 7.26. The summed E-state index contributed by atoms with van der Waals surface area (Å²) >= 11 is 0. The quantitative estimate of drug-likeness (QED) is 0.675. The standard InChI is InChI=1S/C21H24N6O2/c1-15-23-20(24-29-15)17-6-9-19(22-14-17)26-10-12-27(13-11-26)21(28)16-4-7-18(8-5-16)25(2)3/h4-9,14H,10-13H2,1-3H3. The number of benzene rings is 1. The third-order valence-electron chi connectivity index (χ3n) is 5.06. The van der Waals surface area contributed by atoms with Crippen LogP contribution in [0.4, 0.5) is 11.5 Å². The number of aryl methyl sites for hydroxylation is 1. The summed E-state index contributed by atoms with van der Waals surface area (Å²) in [4.78, 5) is 27.6. The topological polar surface area (TPSA) is 78.6 Å². The van der Waals surface area contributed by atoms with Gasteiger partial charge in [0.2, 0.25) is 11.7 Å². The highest BCUT2D eigenvalue weighted by molar-refractivity contribution is 5.94. The van der Waals surface area contributed by atoms with E-state index in [0.717, 1.165) is 35.7 Å². The molecule has 0 saturated carbocycles. The SMILES string of the molecule is Cc1nc(-c2ccc(N3CCN(C(=O)c4ccc(N(C)C)cc4)CC3)nc2)no1. The molecule has 1 fully saturated rings. The van der Waals surface area contributed by atoms with Gasteiger partial charge in [-0.3, -0.25) is 4.79 Å². The Morgan fingerprint density at radius 2 is 1.76 bits per heavy atom. The molecule has 0 atom stereocenters. The maximum Gasteiger partial charge on any atom is 0.253 e. The van der Waals surface area contributed by atoms with Gasteiger partial charge in [-0.2, -0.15) is 4.98 Å². The Hall–Kier alpha value is -3.42. The Bertz CT molecular complexity index is 973. The third-order valence-corrected chi connectivity index (χ3v) is 5.06. The summed E-state index contributed by atoms with van der Waals surface area (Å²) in [6, 6.07) is 11.6. The van der Waals surface area contributed by atoms with Crippen molar-refractivity contribution in [2.45, 2.75) is 6.92 Å². The van der Waals surface area contributed by atoms with E-state index in [1.54, 1.807) is 13.1 Å². The first-order valence-corrected chi connectivity index (χ1v) is 9.59. The van der Waals surface area contributed by atoms with Crippen molar-refractivity contribution in [1.29, 1.82) is 0 Å². The predicted molar refractivity (Wildman–Crippen MR) is 111 cm³/mol. The summed E-state index contributed by atoms with van der Waals surface area (Å²) in [7, 11) is 3.97. The molecule has 0 bridgehead atoms. The monoisotopic (exact) mass is 392 g/mol. The van der Waals surface area contributed by atoms with E-state index in [4.69, 9.17) is 4.52 Å². The van der Waals surface area contributed by atoms with Crippen LogP contribution in [0.3, 0.4) is 0 Å². The van der Waals surface area contributed by atoms with Crippen molar-refractivity contribution in [2.24, 2.45) is 0 Å². The van der Waals surface area contributed by atoms with Gasteiger partial charge in [-0.05, 0) is 36.4 Å². The number of anilines is 2. The van der Waals surface area contributed by atoms with Crippen molar-refractivity contribution in [3.8, 4) is 11.4 Å². The van der Waals surface area contributed by atoms with Crippen LogP contribution in [-0.2, 0) is 0 Å². The highest BCUT2D eigenvalue weighted by Gasteiger charge is 2.23. The van der Waals surface area contributed by atoms with Gasteiger partial charge in [-0.15, -0.1) is 0 Å². The highest BCUT2D eigenvalue weighted by atomic mass is 16.5. The number of carbonyl (C=O) groups is 1. The Morgan fingerprint density at radius 3 is 2.31 bits per heavy atom. The van der Waals surface area contributed by atoms with Gasteiger partial charge in [-0.25, -0.2) is 4.98 Å². The number of hydrogen-bond acceptors (Lipinski definition) is 7. The van der Waals surface area contributed by atoms with Crippen molar-refractivity contribution in [3.05, 3.63) is 54.0 Å². The average molecular weight is 392 g/mol. The Kier molecular flexibility index (Phi) is 5.16. The van der Waals surface area contributed by atoms with Gasteiger partial charge in [0, 0.05) is 70.2 Å². The van der Waals surface area contributed by atoms with E-state index in [2.05, 4.69) is 20.0 Å². The fourth-order valence-electron chi connectivity index (χ4n) is 3.35. The van der Waals surface area contributed by atoms with E-state index in [0.29, 0.717) is 24.8 Å². The smallest absolute Gasteiger partial charge is 0.253 e. The molecule has 4 rings (SSSR count). The maximum atomic E-state index is 12.8. The molecule has 2 aromatic heterocycles. The number of carbonyl (C=O) groups excluding carboxylic acids is 1. The van der Waals surface area contributed by atoms with E-state index >= 15 is 0 Å². The molecule has 1 aliphatic rings. The number of amides is 1. The van der Waals surface area contributed by atoms with Crippen molar-refractivity contribution >= 4 is 17.4 Å². The van der Waals surface area contributed by atoms with Crippen LogP contribution in [0, 0.1) is 6.92 Å². The van der Waals surface area contributed by atoms with Crippen LogP contribution in [0.15, 0.2) is 47.1 Å². The van der Waals surface area contributed by atoms with Gasteiger partial charge in [-0.1, -0.05) is 5.16 Å². The second kappa shape index (κ2) is 7.90. The molecule has 1 amide bonds. The van der Waals surface area contributed by atoms with Gasteiger partial charge < -0.3 is 19.2 Å². The minimum Gasteiger partial charge on any atom is -0.378 e. The van der Waals surface area contributed by atoms with Gasteiger partial charge in [0.1, 0.15) is 5.82 Å². The zero-order valence-electron chi connectivity index (χ0n) is 16.9. The first-order chi connectivity index (χ1) is 14.0. The highest BCUT2D eigenvalue weighted by Crippen LogP contribution is 2.20. The van der Waals surface area contributed by atoms with Crippen molar-refractivity contribution < 1.29 is 9.32 Å². The fraction of sp³-hybridized carbons (Fsp3) is 0.333. The molecular formula is C21H24N6O2. The van der Waals surface area contributed by atoms with Crippen molar-refractivity contribution in [1.82, 2.24) is 20.0 Å². The molecule has 150 valence electrons. The maximum absolute atomic E-state index is 12.8. The van der Waals surface area contributed by atoms with Gasteiger partial charge >= 0.3 is 0 Å². The van der Waals surface area contributed by atoms with Crippen LogP contribution in [0.5, 0.6) is 0 Å². The predicted octanol–water partition coefficient (Wildman–Crippen LogP) is 2.47. The summed E-state index contributed by atoms with van der Waals surface area (Å²) < 4.78 is 5.02. The fourth-order valence-corrected chi connectivity index (χ4v) is 3.35. The van der Waals surface area contributed by atoms with Crippen LogP contribution in [0.25, 0.3) is 11.4 Å². The number of aromatic nitrogens is 3. The van der Waals surface area contributed by atoms with E-state index < -0.39 is 0 Å². The molecule has 8 nitrogen and oxygen atoms in total. The van der Waals surface area contributed by atoms with Gasteiger partial charge in [0.05, 0.1) is 0 Å². The first kappa shape index (κ1) is 18.9. The minimum atomic E-state index is 0.0748. The normalized spacial score (nSPS) is 14.2. The molecule has 0 unspecified atom stereocenters. The lowest BCUT2D eigenvalue weighted by Gasteiger charge is -2.35. The molecule has 1 aliphatic heterocycles. The lowest BCUT2D eigenvalue weighted by atomic mass is 10.1. The van der Waals surface area contributed by atoms with Gasteiger partial charge in [0.25, 0.3) is 5.91 Å². The lowest BCUT2D eigenvalue weighted by Crippen LogP contribution is -2.49. The second-order valence-electron chi connectivity index (χ2n) is 7.26. The number of pyridine rings is 1. The number of nitrogens with zero attached hydrogens (tertiary/aromatic N) is 6. The van der Waals surface area contributed by atoms with Crippen molar-refractivity contribution in [3.63, 3.8) is 0 Å². The summed E-state index contributed by atoms with van der Waals surface area (Å²) in [5.74, 6) is 2.03. The summed E-state index contributed by atoms with van der Waals surface area (Å²) in [5, 5.41) is 3.91. The molecule has 0 spiro atoms. The van der Waals surface area contributed by atoms with Crippen molar-refractivity contribution in [2.75, 3.05) is 50.1 Å². The van der Waals surface area contributed by atoms with Crippen LogP contribution in [0.2, 0.25) is 0 Å². The summed E-state index contributed by atoms with van der Waals surface area (Å²) in [5.41, 5.74) is 2.62. The van der Waals surface area contributed by atoms with E-state index in [9.17, 15) is 4.79 Å². The zero-order chi connectivity index (χ0) is 20.4. The Morgan fingerprint density at radius 1 is 1.03 bits per heavy atom. The Labute approximate surface area is 169 Å². The molecule has 0 aliphatic carbocycles. The summed E-state index contributed by atoms with van der Waals surface area (Å²) in [6.07, 6.45) is 1.75. The molecule has 3 aromatic rings. The van der Waals surface area contributed by atoms with E-state index in [-0.39, 0.29) is 5.91 Å².